The van der Waals surface area contributed by atoms with Gasteiger partial charge in [0.1, 0.15) is 12.4 Å². The van der Waals surface area contributed by atoms with Crippen molar-refractivity contribution in [3.63, 3.8) is 0 Å². The molecule has 1 amide bonds. The molecule has 144 valence electrons. The van der Waals surface area contributed by atoms with Crippen molar-refractivity contribution < 1.29 is 14.7 Å². The van der Waals surface area contributed by atoms with Gasteiger partial charge in [0.15, 0.2) is 0 Å². The van der Waals surface area contributed by atoms with E-state index in [9.17, 15) is 10.0 Å². The van der Waals surface area contributed by atoms with Gasteiger partial charge in [-0.15, -0.1) is 0 Å². The van der Waals surface area contributed by atoms with Crippen molar-refractivity contribution >= 4 is 5.91 Å². The van der Waals surface area contributed by atoms with Crippen molar-refractivity contribution in [2.24, 2.45) is 0 Å². The lowest BCUT2D eigenvalue weighted by Gasteiger charge is -2.23. The summed E-state index contributed by atoms with van der Waals surface area (Å²) in [5, 5.41) is 11.1. The van der Waals surface area contributed by atoms with Crippen LogP contribution < -0.4 is 4.74 Å². The normalized spacial score (nSPS) is 11.6. The van der Waals surface area contributed by atoms with Gasteiger partial charge < -0.3 is 4.74 Å². The Balaban J connectivity index is 1.55. The maximum atomic E-state index is 12.5. The molecular formula is C24H25NO3. The summed E-state index contributed by atoms with van der Waals surface area (Å²) < 4.78 is 5.81. The Morgan fingerprint density at radius 1 is 0.893 bits per heavy atom. The van der Waals surface area contributed by atoms with E-state index >= 15 is 0 Å². The first-order valence-electron chi connectivity index (χ1n) is 9.42. The van der Waals surface area contributed by atoms with Crippen molar-refractivity contribution in [1.82, 2.24) is 5.06 Å². The van der Waals surface area contributed by atoms with E-state index in [0.29, 0.717) is 18.8 Å². The van der Waals surface area contributed by atoms with Crippen LogP contribution in [0.2, 0.25) is 0 Å². The van der Waals surface area contributed by atoms with Gasteiger partial charge in [0.05, 0.1) is 12.5 Å². The van der Waals surface area contributed by atoms with Crippen LogP contribution in [0.1, 0.15) is 23.6 Å². The highest BCUT2D eigenvalue weighted by Crippen LogP contribution is 2.17. The van der Waals surface area contributed by atoms with Gasteiger partial charge in [-0.25, -0.2) is 5.06 Å². The molecule has 1 N–H and O–H groups in total. The molecule has 0 saturated carbocycles. The summed E-state index contributed by atoms with van der Waals surface area (Å²) in [4.78, 5) is 12.5. The highest BCUT2D eigenvalue weighted by atomic mass is 16.5. The van der Waals surface area contributed by atoms with E-state index in [1.54, 1.807) is 0 Å². The molecule has 3 aromatic rings. The smallest absolute Gasteiger partial charge is 0.250 e. The molecule has 0 spiro atoms. The number of ether oxygens (including phenoxy) is 1. The molecule has 0 aromatic heterocycles. The van der Waals surface area contributed by atoms with Crippen molar-refractivity contribution in [2.75, 3.05) is 0 Å². The van der Waals surface area contributed by atoms with Crippen LogP contribution in [0.3, 0.4) is 0 Å². The van der Waals surface area contributed by atoms with Crippen molar-refractivity contribution in [1.29, 1.82) is 0 Å². The summed E-state index contributed by atoms with van der Waals surface area (Å²) in [5.41, 5.74) is 2.97. The minimum Gasteiger partial charge on any atom is -0.489 e. The molecule has 0 fully saturated rings. The first-order valence-corrected chi connectivity index (χ1v) is 9.42. The number of hydrogen-bond acceptors (Lipinski definition) is 3. The quantitative estimate of drug-likeness (QED) is 0.460. The van der Waals surface area contributed by atoms with Gasteiger partial charge in [-0.05, 0) is 42.2 Å². The molecule has 3 aromatic carbocycles. The second kappa shape index (κ2) is 9.72. The fraction of sp³-hybridized carbons (Fsp3) is 0.208. The van der Waals surface area contributed by atoms with Gasteiger partial charge in [-0.2, -0.15) is 0 Å². The summed E-state index contributed by atoms with van der Waals surface area (Å²) in [5.74, 6) is 0.375. The van der Waals surface area contributed by atoms with Crippen molar-refractivity contribution in [3.8, 4) is 5.75 Å². The molecule has 0 heterocycles. The molecular weight excluding hydrogens is 350 g/mol. The minimum atomic E-state index is -0.330. The maximum Gasteiger partial charge on any atom is 0.250 e. The Bertz CT molecular complexity index is 881. The summed E-state index contributed by atoms with van der Waals surface area (Å²) >= 11 is 0. The molecule has 0 aliphatic heterocycles. The third-order valence-corrected chi connectivity index (χ3v) is 4.55. The number of amides is 1. The van der Waals surface area contributed by atoms with Gasteiger partial charge >= 0.3 is 0 Å². The Labute approximate surface area is 166 Å². The number of rotatable bonds is 8. The second-order valence-corrected chi connectivity index (χ2v) is 6.88. The zero-order valence-corrected chi connectivity index (χ0v) is 16.0. The summed E-state index contributed by atoms with van der Waals surface area (Å²) in [6.45, 7) is 2.31. The molecule has 4 heteroatoms. The lowest BCUT2D eigenvalue weighted by Crippen LogP contribution is -2.38. The van der Waals surface area contributed by atoms with Crippen LogP contribution in [0.5, 0.6) is 5.75 Å². The van der Waals surface area contributed by atoms with Crippen LogP contribution in [0.15, 0.2) is 84.9 Å². The second-order valence-electron chi connectivity index (χ2n) is 6.88. The SMILES string of the molecule is CC(Cc1ccccc1)N(O)C(=O)Cc1cccc(OCc2ccccc2)c1. The Kier molecular flexibility index (Phi) is 6.82. The summed E-state index contributed by atoms with van der Waals surface area (Å²) in [6, 6.07) is 26.9. The fourth-order valence-electron chi connectivity index (χ4n) is 3.03. The maximum absolute atomic E-state index is 12.5. The van der Waals surface area contributed by atoms with E-state index in [-0.39, 0.29) is 18.4 Å². The zero-order chi connectivity index (χ0) is 19.8. The van der Waals surface area contributed by atoms with Crippen LogP contribution >= 0.6 is 0 Å². The topological polar surface area (TPSA) is 49.8 Å². The predicted octanol–water partition coefficient (Wildman–Crippen LogP) is 4.66. The molecule has 0 aliphatic carbocycles. The van der Waals surface area contributed by atoms with Crippen LogP contribution in [0, 0.1) is 0 Å². The first kappa shape index (κ1) is 19.6. The molecule has 1 unspecified atom stereocenters. The standard InChI is InChI=1S/C24H25NO3/c1-19(15-20-9-4-2-5-10-20)25(27)24(26)17-22-13-8-14-23(16-22)28-18-21-11-6-3-7-12-21/h2-14,16,19,27H,15,17-18H2,1H3. The Morgan fingerprint density at radius 3 is 2.18 bits per heavy atom. The van der Waals surface area contributed by atoms with Crippen molar-refractivity contribution in [3.05, 3.63) is 102 Å². The van der Waals surface area contributed by atoms with E-state index in [1.807, 2.05) is 91.9 Å². The average Bonchev–Trinajstić information content (AvgIpc) is 2.73. The van der Waals surface area contributed by atoms with Gasteiger partial charge in [0.2, 0.25) is 0 Å². The molecule has 0 radical (unpaired) electrons. The Hall–Kier alpha value is -3.11. The van der Waals surface area contributed by atoms with E-state index in [4.69, 9.17) is 4.74 Å². The van der Waals surface area contributed by atoms with E-state index < -0.39 is 0 Å². The van der Waals surface area contributed by atoms with Crippen molar-refractivity contribution in [2.45, 2.75) is 32.4 Å². The monoisotopic (exact) mass is 375 g/mol. The molecule has 0 bridgehead atoms. The number of hydrogen-bond donors (Lipinski definition) is 1. The summed E-state index contributed by atoms with van der Waals surface area (Å²) in [7, 11) is 0. The number of nitrogens with zero attached hydrogens (tertiary/aromatic N) is 1. The first-order chi connectivity index (χ1) is 13.6. The van der Waals surface area contributed by atoms with Gasteiger partial charge in [-0.3, -0.25) is 10.0 Å². The molecule has 0 aliphatic rings. The minimum absolute atomic E-state index is 0.123. The van der Waals surface area contributed by atoms with Crippen LogP contribution in [-0.2, 0) is 24.2 Å². The average molecular weight is 375 g/mol. The fourth-order valence-corrected chi connectivity index (χ4v) is 3.03. The van der Waals surface area contributed by atoms with Gasteiger partial charge in [0, 0.05) is 0 Å². The largest absolute Gasteiger partial charge is 0.489 e. The summed E-state index contributed by atoms with van der Waals surface area (Å²) in [6.07, 6.45) is 0.724. The van der Waals surface area contributed by atoms with Crippen LogP contribution in [0.25, 0.3) is 0 Å². The van der Waals surface area contributed by atoms with Gasteiger partial charge in [-0.1, -0.05) is 72.8 Å². The van der Waals surface area contributed by atoms with E-state index in [2.05, 4.69) is 0 Å². The molecule has 1 atom stereocenters. The number of carbonyl (C=O) groups is 1. The molecule has 28 heavy (non-hydrogen) atoms. The van der Waals surface area contributed by atoms with E-state index in [1.165, 1.54) is 0 Å². The third-order valence-electron chi connectivity index (χ3n) is 4.55. The van der Waals surface area contributed by atoms with Gasteiger partial charge in [0.25, 0.3) is 5.91 Å². The number of hydroxylamine groups is 2. The van der Waals surface area contributed by atoms with E-state index in [0.717, 1.165) is 21.8 Å². The lowest BCUT2D eigenvalue weighted by atomic mass is 10.1. The zero-order valence-electron chi connectivity index (χ0n) is 16.0. The highest BCUT2D eigenvalue weighted by Gasteiger charge is 2.19. The molecule has 0 saturated heterocycles. The van der Waals surface area contributed by atoms with Crippen LogP contribution in [0.4, 0.5) is 0 Å². The molecule has 3 rings (SSSR count). The number of benzene rings is 3. The third kappa shape index (κ3) is 5.69. The lowest BCUT2D eigenvalue weighted by molar-refractivity contribution is -0.173. The predicted molar refractivity (Wildman–Crippen MR) is 109 cm³/mol. The molecule has 4 nitrogen and oxygen atoms in total. The number of carbonyl (C=O) groups excluding carboxylic acids is 1. The highest BCUT2D eigenvalue weighted by molar-refractivity contribution is 5.78. The Morgan fingerprint density at radius 2 is 1.50 bits per heavy atom. The van der Waals surface area contributed by atoms with Crippen LogP contribution in [-0.4, -0.2) is 22.2 Å².